The number of rotatable bonds is 7. The third-order valence-corrected chi connectivity index (χ3v) is 4.18. The van der Waals surface area contributed by atoms with Crippen LogP contribution in [0.25, 0.3) is 0 Å². The van der Waals surface area contributed by atoms with Crippen LogP contribution in [0.1, 0.15) is 45.4 Å². The van der Waals surface area contributed by atoms with Gasteiger partial charge in [0.15, 0.2) is 0 Å². The smallest absolute Gasteiger partial charge is 0.128 e. The Morgan fingerprint density at radius 1 is 1.40 bits per heavy atom. The van der Waals surface area contributed by atoms with E-state index in [0.717, 1.165) is 37.2 Å². The van der Waals surface area contributed by atoms with Crippen molar-refractivity contribution in [3.05, 3.63) is 23.4 Å². The van der Waals surface area contributed by atoms with Crippen LogP contribution < -0.4 is 10.2 Å². The maximum Gasteiger partial charge on any atom is 0.128 e. The van der Waals surface area contributed by atoms with Crippen LogP contribution in [0.2, 0.25) is 0 Å². The molecule has 1 heterocycles. The summed E-state index contributed by atoms with van der Waals surface area (Å²) >= 11 is 0. The van der Waals surface area contributed by atoms with Crippen LogP contribution >= 0.6 is 0 Å². The van der Waals surface area contributed by atoms with Crippen molar-refractivity contribution in [2.75, 3.05) is 18.5 Å². The second-order valence-electron chi connectivity index (χ2n) is 6.57. The van der Waals surface area contributed by atoms with Crippen LogP contribution in [-0.4, -0.2) is 24.6 Å². The van der Waals surface area contributed by atoms with Gasteiger partial charge in [-0.2, -0.15) is 0 Å². The first-order valence-corrected chi connectivity index (χ1v) is 7.94. The van der Waals surface area contributed by atoms with Gasteiger partial charge in [0.25, 0.3) is 0 Å². The van der Waals surface area contributed by atoms with Crippen molar-refractivity contribution >= 4 is 5.82 Å². The number of pyridine rings is 1. The van der Waals surface area contributed by atoms with E-state index in [1.807, 2.05) is 0 Å². The fourth-order valence-corrected chi connectivity index (χ4v) is 2.53. The maximum absolute atomic E-state index is 4.78. The zero-order valence-electron chi connectivity index (χ0n) is 13.6. The van der Waals surface area contributed by atoms with Gasteiger partial charge >= 0.3 is 0 Å². The maximum atomic E-state index is 4.78. The average molecular weight is 275 g/mol. The van der Waals surface area contributed by atoms with Crippen molar-refractivity contribution in [1.82, 2.24) is 10.3 Å². The van der Waals surface area contributed by atoms with Crippen molar-refractivity contribution < 1.29 is 0 Å². The van der Waals surface area contributed by atoms with E-state index >= 15 is 0 Å². The Bertz CT molecular complexity index is 442. The standard InChI is InChI=1S/C17H29N3/c1-6-16-8-14(10-18-12(2)3)9-17(19-16)20(5)11-15-7-13(15)4/h8-9,12-13,15,18H,6-7,10-11H2,1-5H3. The number of anilines is 1. The number of hydrogen-bond donors (Lipinski definition) is 1. The van der Waals surface area contributed by atoms with E-state index in [-0.39, 0.29) is 0 Å². The predicted octanol–water partition coefficient (Wildman–Crippen LogP) is 3.23. The molecule has 1 saturated carbocycles. The molecule has 1 aliphatic carbocycles. The number of aryl methyl sites for hydroxylation is 1. The molecule has 1 aliphatic rings. The fourth-order valence-electron chi connectivity index (χ4n) is 2.53. The molecule has 2 atom stereocenters. The lowest BCUT2D eigenvalue weighted by Gasteiger charge is -2.20. The second kappa shape index (κ2) is 6.57. The molecule has 0 radical (unpaired) electrons. The Labute approximate surface area is 123 Å². The molecule has 0 amide bonds. The summed E-state index contributed by atoms with van der Waals surface area (Å²) in [5, 5.41) is 3.49. The quantitative estimate of drug-likeness (QED) is 0.828. The Morgan fingerprint density at radius 2 is 2.10 bits per heavy atom. The molecule has 3 nitrogen and oxygen atoms in total. The lowest BCUT2D eigenvalue weighted by atomic mass is 10.1. The molecule has 1 aromatic rings. The summed E-state index contributed by atoms with van der Waals surface area (Å²) in [6.45, 7) is 10.9. The highest BCUT2D eigenvalue weighted by atomic mass is 15.2. The number of nitrogens with zero attached hydrogens (tertiary/aromatic N) is 2. The molecule has 3 heteroatoms. The monoisotopic (exact) mass is 275 g/mol. The third kappa shape index (κ3) is 4.20. The normalized spacial score (nSPS) is 21.3. The zero-order valence-corrected chi connectivity index (χ0v) is 13.6. The molecular weight excluding hydrogens is 246 g/mol. The molecule has 0 aromatic carbocycles. The van der Waals surface area contributed by atoms with Crippen molar-refractivity contribution in [2.45, 2.75) is 53.1 Å². The molecule has 1 fully saturated rings. The zero-order chi connectivity index (χ0) is 14.7. The van der Waals surface area contributed by atoms with Crippen molar-refractivity contribution in [2.24, 2.45) is 11.8 Å². The summed E-state index contributed by atoms with van der Waals surface area (Å²) < 4.78 is 0. The van der Waals surface area contributed by atoms with Gasteiger partial charge in [-0.05, 0) is 42.4 Å². The summed E-state index contributed by atoms with van der Waals surface area (Å²) in [6.07, 6.45) is 2.37. The predicted molar refractivity (Wildman–Crippen MR) is 86.1 cm³/mol. The number of aromatic nitrogens is 1. The van der Waals surface area contributed by atoms with E-state index in [9.17, 15) is 0 Å². The van der Waals surface area contributed by atoms with Gasteiger partial charge in [0.1, 0.15) is 5.82 Å². The topological polar surface area (TPSA) is 28.2 Å². The van der Waals surface area contributed by atoms with Crippen LogP contribution in [0.5, 0.6) is 0 Å². The highest BCUT2D eigenvalue weighted by Gasteiger charge is 2.33. The van der Waals surface area contributed by atoms with Gasteiger partial charge in [0.2, 0.25) is 0 Å². The Balaban J connectivity index is 2.07. The minimum atomic E-state index is 0.515. The minimum absolute atomic E-state index is 0.515. The SMILES string of the molecule is CCc1cc(CNC(C)C)cc(N(C)CC2CC2C)n1. The van der Waals surface area contributed by atoms with E-state index in [2.05, 4.69) is 57.1 Å². The van der Waals surface area contributed by atoms with Gasteiger partial charge in [0, 0.05) is 31.9 Å². The van der Waals surface area contributed by atoms with Gasteiger partial charge in [0.05, 0.1) is 0 Å². The van der Waals surface area contributed by atoms with Crippen LogP contribution in [0.15, 0.2) is 12.1 Å². The molecule has 0 bridgehead atoms. The van der Waals surface area contributed by atoms with Crippen LogP contribution in [0.3, 0.4) is 0 Å². The molecule has 0 saturated heterocycles. The second-order valence-corrected chi connectivity index (χ2v) is 6.57. The molecule has 20 heavy (non-hydrogen) atoms. The molecule has 0 aliphatic heterocycles. The Morgan fingerprint density at radius 3 is 2.65 bits per heavy atom. The van der Waals surface area contributed by atoms with Crippen LogP contribution in [0, 0.1) is 11.8 Å². The van der Waals surface area contributed by atoms with Gasteiger partial charge in [-0.1, -0.05) is 27.7 Å². The van der Waals surface area contributed by atoms with E-state index in [1.54, 1.807) is 0 Å². The first-order chi connectivity index (χ1) is 9.49. The van der Waals surface area contributed by atoms with Gasteiger partial charge in [-0.25, -0.2) is 4.98 Å². The van der Waals surface area contributed by atoms with E-state index in [0.29, 0.717) is 6.04 Å². The summed E-state index contributed by atoms with van der Waals surface area (Å²) in [5.41, 5.74) is 2.54. The van der Waals surface area contributed by atoms with E-state index in [4.69, 9.17) is 4.98 Å². The lowest BCUT2D eigenvalue weighted by Crippen LogP contribution is -2.24. The highest BCUT2D eigenvalue weighted by Crippen LogP contribution is 2.38. The van der Waals surface area contributed by atoms with Crippen molar-refractivity contribution in [1.29, 1.82) is 0 Å². The van der Waals surface area contributed by atoms with Gasteiger partial charge in [-0.3, -0.25) is 0 Å². The molecule has 1 N–H and O–H groups in total. The number of hydrogen-bond acceptors (Lipinski definition) is 3. The third-order valence-electron chi connectivity index (χ3n) is 4.18. The minimum Gasteiger partial charge on any atom is -0.359 e. The van der Waals surface area contributed by atoms with Crippen LogP contribution in [0.4, 0.5) is 5.82 Å². The van der Waals surface area contributed by atoms with Gasteiger partial charge < -0.3 is 10.2 Å². The van der Waals surface area contributed by atoms with E-state index in [1.165, 1.54) is 17.7 Å². The molecule has 1 aromatic heterocycles. The van der Waals surface area contributed by atoms with Gasteiger partial charge in [-0.15, -0.1) is 0 Å². The molecule has 2 unspecified atom stereocenters. The lowest BCUT2D eigenvalue weighted by molar-refractivity contribution is 0.588. The Hall–Kier alpha value is -1.09. The first-order valence-electron chi connectivity index (χ1n) is 7.94. The van der Waals surface area contributed by atoms with E-state index < -0.39 is 0 Å². The molecular formula is C17H29N3. The fraction of sp³-hybridized carbons (Fsp3) is 0.706. The molecule has 2 rings (SSSR count). The summed E-state index contributed by atoms with van der Waals surface area (Å²) in [7, 11) is 2.17. The largest absolute Gasteiger partial charge is 0.359 e. The van der Waals surface area contributed by atoms with Crippen LogP contribution in [-0.2, 0) is 13.0 Å². The summed E-state index contributed by atoms with van der Waals surface area (Å²) in [6, 6.07) is 4.98. The summed E-state index contributed by atoms with van der Waals surface area (Å²) in [4.78, 5) is 7.11. The van der Waals surface area contributed by atoms with Crippen molar-refractivity contribution in [3.63, 3.8) is 0 Å². The summed E-state index contributed by atoms with van der Waals surface area (Å²) in [5.74, 6) is 2.89. The molecule has 112 valence electrons. The Kier molecular flexibility index (Phi) is 5.03. The first kappa shape index (κ1) is 15.3. The highest BCUT2D eigenvalue weighted by molar-refractivity contribution is 5.42. The van der Waals surface area contributed by atoms with Crippen molar-refractivity contribution in [3.8, 4) is 0 Å². The molecule has 0 spiro atoms. The average Bonchev–Trinajstić information content (AvgIpc) is 3.11. The number of nitrogens with one attached hydrogen (secondary N) is 1.